The Balaban J connectivity index is 3.50. The lowest BCUT2D eigenvalue weighted by molar-refractivity contribution is -0.196. The largest absolute Gasteiger partial charge is 0.466 e. The Bertz CT molecular complexity index is 601. The summed E-state index contributed by atoms with van der Waals surface area (Å²) >= 11 is 0. The first-order valence-corrected chi connectivity index (χ1v) is 8.57. The average Bonchev–Trinajstić information content (AvgIpc) is 2.78. The minimum absolute atomic E-state index is 0.0182. The molecule has 0 fully saturated rings. The molecule has 9 heteroatoms. The van der Waals surface area contributed by atoms with E-state index in [1.807, 2.05) is 6.92 Å². The molecule has 6 nitrogen and oxygen atoms in total. The third kappa shape index (κ3) is 3.86. The maximum Gasteiger partial charge on any atom is 0.425 e. The van der Waals surface area contributed by atoms with Gasteiger partial charge in [-0.1, -0.05) is 26.7 Å². The molecule has 0 spiro atoms. The number of carbonyl (C=O) groups excluding carboxylic acids is 3. The lowest BCUT2D eigenvalue weighted by Gasteiger charge is -2.33. The summed E-state index contributed by atoms with van der Waals surface area (Å²) < 4.78 is 46.7. The second kappa shape index (κ2) is 8.55. The highest BCUT2D eigenvalue weighted by Crippen LogP contribution is 2.45. The molecule has 1 heterocycles. The summed E-state index contributed by atoms with van der Waals surface area (Å²) in [5.41, 5.74) is -4.44. The smallest absolute Gasteiger partial charge is 0.425 e. The first-order chi connectivity index (χ1) is 12.1. The quantitative estimate of drug-likeness (QED) is 0.659. The number of carbonyl (C=O) groups is 3. The van der Waals surface area contributed by atoms with E-state index in [-0.39, 0.29) is 18.7 Å². The number of ether oxygens (including phenoxy) is 1. The Labute approximate surface area is 150 Å². The van der Waals surface area contributed by atoms with Crippen molar-refractivity contribution in [3.63, 3.8) is 0 Å². The molecular formula is C17H25F3N2O4. The lowest BCUT2D eigenvalue weighted by Crippen LogP contribution is -2.66. The Kier molecular flexibility index (Phi) is 7.23. The van der Waals surface area contributed by atoms with Crippen molar-refractivity contribution in [3.8, 4) is 0 Å². The summed E-state index contributed by atoms with van der Waals surface area (Å²) in [6, 6.07) is 0. The van der Waals surface area contributed by atoms with E-state index in [4.69, 9.17) is 0 Å². The molecule has 148 valence electrons. The fourth-order valence-corrected chi connectivity index (χ4v) is 2.92. The van der Waals surface area contributed by atoms with E-state index in [1.54, 1.807) is 12.2 Å². The first-order valence-electron chi connectivity index (χ1n) is 8.57. The number of allylic oxidation sites excluding steroid dienone is 1. The molecule has 0 saturated heterocycles. The predicted octanol–water partition coefficient (Wildman–Crippen LogP) is 2.68. The van der Waals surface area contributed by atoms with Gasteiger partial charge in [-0.25, -0.2) is 4.79 Å². The number of nitrogens with one attached hydrogen (secondary N) is 1. The molecule has 0 aromatic heterocycles. The molecule has 26 heavy (non-hydrogen) atoms. The van der Waals surface area contributed by atoms with Crippen LogP contribution < -0.4 is 5.32 Å². The highest BCUT2D eigenvalue weighted by molar-refractivity contribution is 6.10. The standard InChI is InChI=1S/C17H25F3N2O4/c1-5-7-9-12(23)21-16(17(18,19)20)13(14(24)26-4)11(3)22(15(16)25)10-8-6-2/h5-10H2,1-4H3,(H,21,23). The normalized spacial score (nSPS) is 20.6. The van der Waals surface area contributed by atoms with Crippen LogP contribution in [0.1, 0.15) is 52.9 Å². The number of nitrogens with zero attached hydrogens (tertiary/aromatic N) is 1. The molecule has 0 radical (unpaired) electrons. The highest BCUT2D eigenvalue weighted by Gasteiger charge is 2.70. The Morgan fingerprint density at radius 2 is 1.77 bits per heavy atom. The zero-order valence-corrected chi connectivity index (χ0v) is 15.5. The molecule has 1 unspecified atom stereocenters. The molecule has 1 rings (SSSR count). The number of hydrogen-bond acceptors (Lipinski definition) is 4. The van der Waals surface area contributed by atoms with E-state index in [9.17, 15) is 27.6 Å². The molecule has 0 bridgehead atoms. The second-order valence-electron chi connectivity index (χ2n) is 6.16. The number of unbranched alkanes of at least 4 members (excludes halogenated alkanes) is 2. The Morgan fingerprint density at radius 1 is 1.19 bits per heavy atom. The van der Waals surface area contributed by atoms with Crippen molar-refractivity contribution in [2.24, 2.45) is 0 Å². The third-order valence-corrected chi connectivity index (χ3v) is 4.34. The maximum absolute atomic E-state index is 14.1. The van der Waals surface area contributed by atoms with Gasteiger partial charge >= 0.3 is 12.1 Å². The van der Waals surface area contributed by atoms with E-state index in [1.165, 1.54) is 6.92 Å². The fourth-order valence-electron chi connectivity index (χ4n) is 2.92. The molecule has 1 aliphatic rings. The summed E-state index contributed by atoms with van der Waals surface area (Å²) in [5.74, 6) is -3.60. The van der Waals surface area contributed by atoms with E-state index < -0.39 is 35.1 Å². The number of esters is 1. The van der Waals surface area contributed by atoms with Gasteiger partial charge in [-0.2, -0.15) is 13.2 Å². The number of alkyl halides is 3. The van der Waals surface area contributed by atoms with Crippen LogP contribution >= 0.6 is 0 Å². The summed E-state index contributed by atoms with van der Waals surface area (Å²) in [5, 5.41) is 1.81. The zero-order chi connectivity index (χ0) is 20.1. The van der Waals surface area contributed by atoms with Crippen LogP contribution in [-0.4, -0.2) is 48.1 Å². The number of amides is 2. The fraction of sp³-hybridized carbons (Fsp3) is 0.706. The molecular weight excluding hydrogens is 353 g/mol. The molecule has 1 aliphatic heterocycles. The van der Waals surface area contributed by atoms with Crippen molar-refractivity contribution < 1.29 is 32.3 Å². The number of halogens is 3. The molecule has 0 aliphatic carbocycles. The van der Waals surface area contributed by atoms with Crippen molar-refractivity contribution in [1.82, 2.24) is 10.2 Å². The molecule has 1 N–H and O–H groups in total. The van der Waals surface area contributed by atoms with Crippen LogP contribution in [-0.2, 0) is 19.1 Å². The van der Waals surface area contributed by atoms with Gasteiger partial charge in [0.25, 0.3) is 5.91 Å². The molecule has 0 aromatic rings. The Morgan fingerprint density at radius 3 is 2.23 bits per heavy atom. The van der Waals surface area contributed by atoms with Crippen LogP contribution in [0.15, 0.2) is 11.3 Å². The van der Waals surface area contributed by atoms with Gasteiger partial charge in [-0.3, -0.25) is 9.59 Å². The van der Waals surface area contributed by atoms with E-state index in [0.29, 0.717) is 25.7 Å². The van der Waals surface area contributed by atoms with Gasteiger partial charge in [-0.15, -0.1) is 0 Å². The molecule has 0 aromatic carbocycles. The van der Waals surface area contributed by atoms with Gasteiger partial charge in [0.2, 0.25) is 11.4 Å². The van der Waals surface area contributed by atoms with Gasteiger partial charge in [0.1, 0.15) is 5.57 Å². The van der Waals surface area contributed by atoms with Crippen LogP contribution in [0.2, 0.25) is 0 Å². The van der Waals surface area contributed by atoms with Gasteiger partial charge in [0.15, 0.2) is 0 Å². The zero-order valence-electron chi connectivity index (χ0n) is 15.5. The van der Waals surface area contributed by atoms with Crippen molar-refractivity contribution in [3.05, 3.63) is 11.3 Å². The minimum atomic E-state index is -5.20. The topological polar surface area (TPSA) is 75.7 Å². The monoisotopic (exact) mass is 378 g/mol. The van der Waals surface area contributed by atoms with Crippen LogP contribution in [0.25, 0.3) is 0 Å². The molecule has 2 amide bonds. The Hall–Kier alpha value is -2.06. The first kappa shape index (κ1) is 22.0. The number of rotatable bonds is 8. The molecule has 1 atom stereocenters. The predicted molar refractivity (Wildman–Crippen MR) is 87.8 cm³/mol. The van der Waals surface area contributed by atoms with E-state index in [2.05, 4.69) is 4.74 Å². The van der Waals surface area contributed by atoms with Crippen LogP contribution in [0.3, 0.4) is 0 Å². The minimum Gasteiger partial charge on any atom is -0.466 e. The van der Waals surface area contributed by atoms with Crippen LogP contribution in [0.4, 0.5) is 13.2 Å². The van der Waals surface area contributed by atoms with E-state index in [0.717, 1.165) is 12.0 Å². The number of methoxy groups -OCH3 is 1. The summed E-state index contributed by atoms with van der Waals surface area (Å²) in [7, 11) is 0.932. The van der Waals surface area contributed by atoms with Gasteiger partial charge in [0, 0.05) is 18.7 Å². The SMILES string of the molecule is CCCCC(=O)NC1(C(F)(F)F)C(=O)N(CCCC)C(C)=C1C(=O)OC. The lowest BCUT2D eigenvalue weighted by atomic mass is 9.89. The maximum atomic E-state index is 14.1. The number of hydrogen-bond donors (Lipinski definition) is 1. The van der Waals surface area contributed by atoms with Crippen molar-refractivity contribution >= 4 is 17.8 Å². The van der Waals surface area contributed by atoms with Crippen LogP contribution in [0, 0.1) is 0 Å². The van der Waals surface area contributed by atoms with Crippen LogP contribution in [0.5, 0.6) is 0 Å². The third-order valence-electron chi connectivity index (χ3n) is 4.34. The average molecular weight is 378 g/mol. The van der Waals surface area contributed by atoms with Crippen molar-refractivity contribution in [1.29, 1.82) is 0 Å². The molecule has 0 saturated carbocycles. The van der Waals surface area contributed by atoms with E-state index >= 15 is 0 Å². The van der Waals surface area contributed by atoms with Gasteiger partial charge in [-0.05, 0) is 19.8 Å². The van der Waals surface area contributed by atoms with Gasteiger partial charge in [0.05, 0.1) is 7.11 Å². The van der Waals surface area contributed by atoms with Crippen molar-refractivity contribution in [2.75, 3.05) is 13.7 Å². The summed E-state index contributed by atoms with van der Waals surface area (Å²) in [4.78, 5) is 37.9. The van der Waals surface area contributed by atoms with Crippen molar-refractivity contribution in [2.45, 2.75) is 64.6 Å². The second-order valence-corrected chi connectivity index (χ2v) is 6.16. The summed E-state index contributed by atoms with van der Waals surface area (Å²) in [6.07, 6.45) is -3.31. The van der Waals surface area contributed by atoms with Gasteiger partial charge < -0.3 is 15.0 Å². The summed E-state index contributed by atoms with van der Waals surface area (Å²) in [6.45, 7) is 4.88. The highest BCUT2D eigenvalue weighted by atomic mass is 19.4.